The molecule has 0 heterocycles. The van der Waals surface area contributed by atoms with Gasteiger partial charge in [-0.3, -0.25) is 0 Å². The first-order chi connectivity index (χ1) is 28.2. The Morgan fingerprint density at radius 2 is 0.810 bits per heavy atom. The van der Waals surface area contributed by atoms with Crippen molar-refractivity contribution in [3.05, 3.63) is 225 Å². The number of fused-ring (bicyclic) bond motifs is 5. The van der Waals surface area contributed by atoms with Gasteiger partial charge in [0.1, 0.15) is 0 Å². The molecule has 10 rings (SSSR count). The molecule has 0 bridgehead atoms. The lowest BCUT2D eigenvalue weighted by Gasteiger charge is -2.39. The summed E-state index contributed by atoms with van der Waals surface area (Å²) in [5.74, 6) is 0. The zero-order valence-electron chi connectivity index (χ0n) is 34.2. The van der Waals surface area contributed by atoms with Crippen LogP contribution in [0, 0.1) is 41.5 Å². The molecule has 9 aromatic carbocycles. The summed E-state index contributed by atoms with van der Waals surface area (Å²) in [6, 6.07) is 63.3. The van der Waals surface area contributed by atoms with E-state index < -0.39 is 5.41 Å². The van der Waals surface area contributed by atoms with Crippen molar-refractivity contribution in [3.8, 4) is 33.4 Å². The van der Waals surface area contributed by atoms with Crippen LogP contribution in [0.3, 0.4) is 0 Å². The van der Waals surface area contributed by atoms with Gasteiger partial charge in [0.2, 0.25) is 0 Å². The molecule has 1 N–H and O–H groups in total. The summed E-state index contributed by atoms with van der Waals surface area (Å²) >= 11 is 0. The second kappa shape index (κ2) is 13.7. The largest absolute Gasteiger partial charge is 0.355 e. The molecule has 1 aliphatic rings. The van der Waals surface area contributed by atoms with Crippen molar-refractivity contribution in [2.45, 2.75) is 47.0 Å². The number of rotatable bonds is 6. The highest BCUT2D eigenvalue weighted by molar-refractivity contribution is 5.96. The fourth-order valence-electron chi connectivity index (χ4n) is 10.5. The van der Waals surface area contributed by atoms with E-state index in [1.54, 1.807) is 0 Å². The predicted molar refractivity (Wildman–Crippen MR) is 248 cm³/mol. The third-order valence-electron chi connectivity index (χ3n) is 12.6. The van der Waals surface area contributed by atoms with Gasteiger partial charge in [0.15, 0.2) is 0 Å². The molecule has 280 valence electrons. The van der Waals surface area contributed by atoms with Crippen LogP contribution in [0.15, 0.2) is 170 Å². The summed E-state index contributed by atoms with van der Waals surface area (Å²) in [5, 5.41) is 8.92. The van der Waals surface area contributed by atoms with Crippen LogP contribution < -0.4 is 5.32 Å². The van der Waals surface area contributed by atoms with E-state index in [-0.39, 0.29) is 0 Å². The summed E-state index contributed by atoms with van der Waals surface area (Å²) in [4.78, 5) is 0. The van der Waals surface area contributed by atoms with Crippen molar-refractivity contribution in [1.82, 2.24) is 0 Å². The first-order valence-electron chi connectivity index (χ1n) is 20.5. The number of benzene rings is 9. The molecule has 1 aliphatic carbocycles. The van der Waals surface area contributed by atoms with Crippen molar-refractivity contribution >= 4 is 32.9 Å². The SMILES string of the molecule is Cc1cc(C)c(C2(c3c(C)cc(C)cc3C)c3ccccc3-c3c(Nc4ccc(-c5ccc6cc(-c7ccc8ccccc8c7)ccc6c5)cc4)cccc32)c(C)c1. The number of hydrogen-bond donors (Lipinski definition) is 1. The highest BCUT2D eigenvalue weighted by Crippen LogP contribution is 2.60. The minimum atomic E-state index is -0.469. The maximum atomic E-state index is 3.90. The van der Waals surface area contributed by atoms with Crippen LogP contribution in [-0.4, -0.2) is 0 Å². The molecule has 0 fully saturated rings. The second-order valence-corrected chi connectivity index (χ2v) is 16.6. The van der Waals surface area contributed by atoms with Crippen LogP contribution in [-0.2, 0) is 5.41 Å². The van der Waals surface area contributed by atoms with Gasteiger partial charge in [-0.2, -0.15) is 0 Å². The highest BCUT2D eigenvalue weighted by atomic mass is 14.9. The van der Waals surface area contributed by atoms with E-state index in [1.165, 1.54) is 111 Å². The molecule has 58 heavy (non-hydrogen) atoms. The highest BCUT2D eigenvalue weighted by Gasteiger charge is 2.49. The lowest BCUT2D eigenvalue weighted by Crippen LogP contribution is -2.32. The molecule has 0 saturated carbocycles. The lowest BCUT2D eigenvalue weighted by atomic mass is 9.63. The maximum Gasteiger partial charge on any atom is 0.0724 e. The second-order valence-electron chi connectivity index (χ2n) is 16.6. The number of anilines is 2. The van der Waals surface area contributed by atoms with Crippen LogP contribution in [0.1, 0.15) is 55.6 Å². The number of aryl methyl sites for hydroxylation is 6. The van der Waals surface area contributed by atoms with Crippen LogP contribution in [0.2, 0.25) is 0 Å². The Morgan fingerprint density at radius 3 is 1.40 bits per heavy atom. The first kappa shape index (κ1) is 35.7. The molecule has 0 radical (unpaired) electrons. The molecular weight excluding hydrogens is 699 g/mol. The van der Waals surface area contributed by atoms with E-state index in [2.05, 4.69) is 217 Å². The fraction of sp³-hybridized carbons (Fsp3) is 0.123. The summed E-state index contributed by atoms with van der Waals surface area (Å²) < 4.78 is 0. The predicted octanol–water partition coefficient (Wildman–Crippen LogP) is 15.3. The van der Waals surface area contributed by atoms with Gasteiger partial charge >= 0.3 is 0 Å². The van der Waals surface area contributed by atoms with Gasteiger partial charge in [-0.25, -0.2) is 0 Å². The van der Waals surface area contributed by atoms with E-state index in [4.69, 9.17) is 0 Å². The monoisotopic (exact) mass is 745 g/mol. The van der Waals surface area contributed by atoms with E-state index in [1.807, 2.05) is 0 Å². The average molecular weight is 746 g/mol. The number of nitrogens with one attached hydrogen (secondary N) is 1. The molecule has 0 unspecified atom stereocenters. The van der Waals surface area contributed by atoms with Gasteiger partial charge in [0.05, 0.1) is 5.41 Å². The first-order valence-corrected chi connectivity index (χ1v) is 20.5. The summed E-state index contributed by atoms with van der Waals surface area (Å²) in [6.45, 7) is 13.6. The van der Waals surface area contributed by atoms with Crippen molar-refractivity contribution in [2.24, 2.45) is 0 Å². The molecule has 9 aromatic rings. The Kier molecular flexibility index (Phi) is 8.46. The smallest absolute Gasteiger partial charge is 0.0724 e. The maximum absolute atomic E-state index is 3.90. The minimum Gasteiger partial charge on any atom is -0.355 e. The number of hydrogen-bond acceptors (Lipinski definition) is 1. The van der Waals surface area contributed by atoms with Crippen LogP contribution >= 0.6 is 0 Å². The van der Waals surface area contributed by atoms with E-state index in [0.717, 1.165) is 11.4 Å². The van der Waals surface area contributed by atoms with Gasteiger partial charge in [0, 0.05) is 16.9 Å². The van der Waals surface area contributed by atoms with Gasteiger partial charge in [0.25, 0.3) is 0 Å². The zero-order valence-corrected chi connectivity index (χ0v) is 34.2. The average Bonchev–Trinajstić information content (AvgIpc) is 3.50. The van der Waals surface area contributed by atoms with Crippen molar-refractivity contribution < 1.29 is 0 Å². The third-order valence-corrected chi connectivity index (χ3v) is 12.6. The van der Waals surface area contributed by atoms with Gasteiger partial charge in [-0.15, -0.1) is 0 Å². The molecule has 0 saturated heterocycles. The summed E-state index contributed by atoms with van der Waals surface area (Å²) in [6.07, 6.45) is 0. The van der Waals surface area contributed by atoms with Crippen LogP contribution in [0.4, 0.5) is 11.4 Å². The Bertz CT molecular complexity index is 2990. The molecule has 0 aromatic heterocycles. The third kappa shape index (κ3) is 5.68. The molecule has 0 spiro atoms. The van der Waals surface area contributed by atoms with Crippen LogP contribution in [0.5, 0.6) is 0 Å². The fourth-order valence-corrected chi connectivity index (χ4v) is 10.5. The van der Waals surface area contributed by atoms with Crippen LogP contribution in [0.25, 0.3) is 54.9 Å². The Labute approximate surface area is 342 Å². The van der Waals surface area contributed by atoms with Gasteiger partial charge < -0.3 is 5.32 Å². The van der Waals surface area contributed by atoms with Gasteiger partial charge in [-0.05, 0) is 172 Å². The Hall–Kier alpha value is -6.70. The molecule has 0 amide bonds. The summed E-state index contributed by atoms with van der Waals surface area (Å²) in [7, 11) is 0. The minimum absolute atomic E-state index is 0.469. The zero-order chi connectivity index (χ0) is 39.7. The van der Waals surface area contributed by atoms with Gasteiger partial charge in [-0.1, -0.05) is 145 Å². The molecule has 1 nitrogen and oxygen atoms in total. The standard InChI is InChI=1S/C57H47N/c1-35-28-37(3)55(38(4)29-35)57(56-39(5)30-36(2)31-40(56)6)51-15-10-9-14-50(51)54-52(57)16-11-17-53(54)58-49-26-24-42(25-27-49)44-20-21-47-34-48(23-22-46(47)33-44)45-19-18-41-12-7-8-13-43(41)32-45/h7-34,58H,1-6H3. The van der Waals surface area contributed by atoms with E-state index in [0.29, 0.717) is 0 Å². The quantitative estimate of drug-likeness (QED) is 0.179. The molecule has 0 aliphatic heterocycles. The molecule has 0 atom stereocenters. The lowest BCUT2D eigenvalue weighted by molar-refractivity contribution is 0.739. The van der Waals surface area contributed by atoms with Crippen molar-refractivity contribution in [3.63, 3.8) is 0 Å². The molecule has 1 heteroatoms. The molecular formula is C57H47N. The van der Waals surface area contributed by atoms with E-state index >= 15 is 0 Å². The van der Waals surface area contributed by atoms with Crippen molar-refractivity contribution in [2.75, 3.05) is 5.32 Å². The topological polar surface area (TPSA) is 12.0 Å². The Morgan fingerprint density at radius 1 is 0.362 bits per heavy atom. The summed E-state index contributed by atoms with van der Waals surface area (Å²) in [5.41, 5.74) is 22.5. The van der Waals surface area contributed by atoms with E-state index in [9.17, 15) is 0 Å². The normalized spacial score (nSPS) is 12.8. The van der Waals surface area contributed by atoms with Crippen molar-refractivity contribution in [1.29, 1.82) is 0 Å². The Balaban J connectivity index is 1.03.